The van der Waals surface area contributed by atoms with Gasteiger partial charge in [0, 0.05) is 37.4 Å². The van der Waals surface area contributed by atoms with Crippen molar-refractivity contribution >= 4 is 11.4 Å². The van der Waals surface area contributed by atoms with E-state index in [9.17, 15) is 0 Å². The molecule has 2 saturated carbocycles. The molecule has 1 N–H and O–H groups in total. The Balaban J connectivity index is 0.000000300. The van der Waals surface area contributed by atoms with Gasteiger partial charge < -0.3 is 10.2 Å². The van der Waals surface area contributed by atoms with E-state index in [0.717, 1.165) is 6.42 Å². The number of hydrogen-bond acceptors (Lipinski definition) is 2. The van der Waals surface area contributed by atoms with Gasteiger partial charge in [-0.1, -0.05) is 6.07 Å². The van der Waals surface area contributed by atoms with Crippen molar-refractivity contribution in [3.63, 3.8) is 0 Å². The van der Waals surface area contributed by atoms with Gasteiger partial charge in [-0.2, -0.15) is 0 Å². The number of benzene rings is 1. The first-order chi connectivity index (χ1) is 11.2. The van der Waals surface area contributed by atoms with Crippen LogP contribution in [-0.4, -0.2) is 20.1 Å². The summed E-state index contributed by atoms with van der Waals surface area (Å²) in [6, 6.07) is 7.16. The Morgan fingerprint density at radius 2 is 1.54 bits per heavy atom. The standard InChI is InChI=1S/C16H19N2.C5H5.Fe/c1-18(2)14-9-7-13-8-10-15(17-16(13)11-14)12-5-3-4-6-12;1-2-4-5-3-1;/h3-7,9,11,15,17H,8,10H2,1-2H3;1-5H;/q;;+2. The minimum absolute atomic E-state index is 0. The molecule has 24 heavy (non-hydrogen) atoms. The van der Waals surface area contributed by atoms with Crippen molar-refractivity contribution in [1.29, 1.82) is 0 Å². The molecule has 3 aliphatic rings. The molecular weight excluding hydrogens is 336 g/mol. The van der Waals surface area contributed by atoms with Gasteiger partial charge in [-0.15, -0.1) is 0 Å². The first-order valence-electron chi connectivity index (χ1n) is 8.19. The molecule has 1 aliphatic heterocycles. The third kappa shape index (κ3) is 5.17. The molecule has 1 aromatic carbocycles. The topological polar surface area (TPSA) is 15.3 Å². The van der Waals surface area contributed by atoms with Crippen LogP contribution in [0.4, 0.5) is 11.4 Å². The van der Waals surface area contributed by atoms with Gasteiger partial charge in [-0.3, -0.25) is 0 Å². The fourth-order valence-electron chi connectivity index (χ4n) is 2.95. The van der Waals surface area contributed by atoms with E-state index in [1.165, 1.54) is 29.3 Å². The molecule has 124 valence electrons. The second-order valence-electron chi connectivity index (χ2n) is 6.15. The Hall–Kier alpha value is -0.661. The fraction of sp³-hybridized carbons (Fsp3) is 0.238. The smallest absolute Gasteiger partial charge is 0.381 e. The molecule has 0 bridgehead atoms. The van der Waals surface area contributed by atoms with Crippen molar-refractivity contribution in [3.05, 3.63) is 87.5 Å². The Labute approximate surface area is 159 Å². The van der Waals surface area contributed by atoms with E-state index in [4.69, 9.17) is 0 Å². The molecule has 2 aliphatic carbocycles. The summed E-state index contributed by atoms with van der Waals surface area (Å²) >= 11 is 0. The van der Waals surface area contributed by atoms with Gasteiger partial charge in [0.2, 0.25) is 0 Å². The number of anilines is 2. The number of hydrogen-bond donors (Lipinski definition) is 1. The molecule has 2 fully saturated rings. The van der Waals surface area contributed by atoms with Crippen LogP contribution in [0.15, 0.2) is 18.2 Å². The van der Waals surface area contributed by atoms with Crippen molar-refractivity contribution < 1.29 is 17.1 Å². The zero-order valence-electron chi connectivity index (χ0n) is 14.2. The van der Waals surface area contributed by atoms with E-state index in [0.29, 0.717) is 6.04 Å². The number of rotatable bonds is 2. The number of fused-ring (bicyclic) bond motifs is 1. The molecule has 0 spiro atoms. The maximum absolute atomic E-state index is 3.67. The molecule has 1 heterocycles. The second-order valence-corrected chi connectivity index (χ2v) is 6.15. The summed E-state index contributed by atoms with van der Waals surface area (Å²) in [5, 5.41) is 3.67. The third-order valence-corrected chi connectivity index (χ3v) is 4.29. The minimum atomic E-state index is 0. The summed E-state index contributed by atoms with van der Waals surface area (Å²) in [7, 11) is 4.17. The number of nitrogens with zero attached hydrogens (tertiary/aromatic N) is 1. The van der Waals surface area contributed by atoms with Crippen molar-refractivity contribution in [2.75, 3.05) is 24.3 Å². The summed E-state index contributed by atoms with van der Waals surface area (Å²) < 4.78 is 0. The van der Waals surface area contributed by atoms with Crippen molar-refractivity contribution in [2.24, 2.45) is 0 Å². The Kier molecular flexibility index (Phi) is 7.97. The van der Waals surface area contributed by atoms with Crippen LogP contribution in [-0.2, 0) is 23.5 Å². The summed E-state index contributed by atoms with van der Waals surface area (Å²) in [5.41, 5.74) is 3.98. The van der Waals surface area contributed by atoms with Crippen molar-refractivity contribution in [3.8, 4) is 0 Å². The fourth-order valence-corrected chi connectivity index (χ4v) is 2.95. The largest absolute Gasteiger partial charge is 2.00 e. The van der Waals surface area contributed by atoms with E-state index in [1.807, 2.05) is 32.1 Å². The molecule has 3 heteroatoms. The summed E-state index contributed by atoms with van der Waals surface area (Å²) in [6.45, 7) is 0. The maximum Gasteiger partial charge on any atom is 2.00 e. The predicted molar refractivity (Wildman–Crippen MR) is 98.4 cm³/mol. The predicted octanol–water partition coefficient (Wildman–Crippen LogP) is 3.90. The summed E-state index contributed by atoms with van der Waals surface area (Å²) in [4.78, 5) is 2.15. The number of nitrogens with one attached hydrogen (secondary N) is 1. The van der Waals surface area contributed by atoms with Crippen molar-refractivity contribution in [2.45, 2.75) is 18.9 Å². The Morgan fingerprint density at radius 3 is 2.12 bits per heavy atom. The molecule has 1 aromatic rings. The van der Waals surface area contributed by atoms with Gasteiger partial charge in [-0.05, 0) is 88.3 Å². The van der Waals surface area contributed by atoms with E-state index in [-0.39, 0.29) is 17.1 Å². The van der Waals surface area contributed by atoms with Crippen LogP contribution >= 0.6 is 0 Å². The third-order valence-electron chi connectivity index (χ3n) is 4.29. The van der Waals surface area contributed by atoms with Crippen LogP contribution in [0, 0.1) is 63.7 Å². The summed E-state index contributed by atoms with van der Waals surface area (Å²) in [5.74, 6) is 1.40. The van der Waals surface area contributed by atoms with Crippen LogP contribution in [0.3, 0.4) is 0 Å². The van der Waals surface area contributed by atoms with Crippen LogP contribution in [0.5, 0.6) is 0 Å². The maximum atomic E-state index is 3.67. The SMILES string of the molecule is CN(C)c1ccc2c(c1)NC([C]1[CH][CH][CH][CH]1)CC2.[CH]1[CH][CH][CH][CH]1.[Fe+2]. The first kappa shape index (κ1) is 19.7. The van der Waals surface area contributed by atoms with E-state index in [2.05, 4.69) is 68.2 Å². The molecule has 1 atom stereocenters. The molecule has 1 unspecified atom stereocenters. The van der Waals surface area contributed by atoms with E-state index < -0.39 is 0 Å². The quantitative estimate of drug-likeness (QED) is 0.805. The molecule has 4 rings (SSSR count). The van der Waals surface area contributed by atoms with Gasteiger partial charge in [0.25, 0.3) is 0 Å². The van der Waals surface area contributed by atoms with E-state index in [1.54, 1.807) is 0 Å². The summed E-state index contributed by atoms with van der Waals surface area (Å²) in [6.07, 6.45) is 21.0. The van der Waals surface area contributed by atoms with Gasteiger partial charge in [0.15, 0.2) is 0 Å². The van der Waals surface area contributed by atoms with Crippen LogP contribution in [0.25, 0.3) is 0 Å². The average Bonchev–Trinajstić information content (AvgIpc) is 3.29. The average molecular weight is 360 g/mol. The molecule has 10 radical (unpaired) electrons. The molecular formula is C21H24FeN2+2. The van der Waals surface area contributed by atoms with Crippen molar-refractivity contribution in [1.82, 2.24) is 0 Å². The van der Waals surface area contributed by atoms with Crippen LogP contribution < -0.4 is 10.2 Å². The Morgan fingerprint density at radius 1 is 0.917 bits per heavy atom. The molecule has 0 aromatic heterocycles. The number of aryl methyl sites for hydroxylation is 1. The Bertz CT molecular complexity index is 483. The normalized spacial score (nSPS) is 22.7. The zero-order valence-corrected chi connectivity index (χ0v) is 15.3. The van der Waals surface area contributed by atoms with Gasteiger partial charge in [-0.25, -0.2) is 0 Å². The molecule has 0 saturated heterocycles. The van der Waals surface area contributed by atoms with Gasteiger partial charge in [0.05, 0.1) is 0 Å². The minimum Gasteiger partial charge on any atom is -0.381 e. The zero-order chi connectivity index (χ0) is 16.1. The second kappa shape index (κ2) is 9.73. The first-order valence-corrected chi connectivity index (χ1v) is 8.19. The van der Waals surface area contributed by atoms with Crippen LogP contribution in [0.2, 0.25) is 0 Å². The molecule has 0 amide bonds. The molecule has 2 nitrogen and oxygen atoms in total. The van der Waals surface area contributed by atoms with Gasteiger partial charge in [0.1, 0.15) is 0 Å². The monoisotopic (exact) mass is 360 g/mol. The van der Waals surface area contributed by atoms with Gasteiger partial charge >= 0.3 is 17.1 Å². The van der Waals surface area contributed by atoms with Crippen LogP contribution in [0.1, 0.15) is 12.0 Å². The van der Waals surface area contributed by atoms with E-state index >= 15 is 0 Å².